The normalized spacial score (nSPS) is 24.3. The van der Waals surface area contributed by atoms with Crippen LogP contribution in [-0.4, -0.2) is 37.1 Å². The minimum Gasteiger partial charge on any atom is -0.367 e. The highest BCUT2D eigenvalue weighted by Crippen LogP contribution is 2.30. The quantitative estimate of drug-likeness (QED) is 0.768. The Hall–Kier alpha value is -0.610. The van der Waals surface area contributed by atoms with Gasteiger partial charge in [0, 0.05) is 31.0 Å². The van der Waals surface area contributed by atoms with Gasteiger partial charge in [-0.15, -0.1) is 0 Å². The summed E-state index contributed by atoms with van der Waals surface area (Å²) in [5.74, 6) is -0.0802. The Morgan fingerprint density at radius 1 is 1.21 bits per heavy atom. The molecule has 2 aliphatic heterocycles. The molecule has 0 saturated carbocycles. The molecular formula is C15H20BrFN2. The third-order valence-electron chi connectivity index (χ3n) is 4.33. The largest absolute Gasteiger partial charge is 0.367 e. The summed E-state index contributed by atoms with van der Waals surface area (Å²) in [7, 11) is 0. The number of para-hydroxylation sites is 1. The van der Waals surface area contributed by atoms with Gasteiger partial charge in [-0.05, 0) is 37.4 Å². The van der Waals surface area contributed by atoms with E-state index in [9.17, 15) is 4.39 Å². The second-order valence-corrected chi connectivity index (χ2v) is 6.07. The first kappa shape index (κ1) is 13.4. The first-order chi connectivity index (χ1) is 9.29. The summed E-state index contributed by atoms with van der Waals surface area (Å²) in [5, 5.41) is 0.713. The van der Waals surface area contributed by atoms with E-state index in [1.54, 1.807) is 12.1 Å². The van der Waals surface area contributed by atoms with Crippen LogP contribution in [0.5, 0.6) is 0 Å². The molecule has 1 aromatic rings. The molecule has 104 valence electrons. The van der Waals surface area contributed by atoms with Crippen LogP contribution in [0.3, 0.4) is 0 Å². The Bertz CT molecular complexity index is 452. The third-order valence-corrected chi connectivity index (χ3v) is 4.94. The molecule has 0 aromatic heterocycles. The number of benzene rings is 1. The van der Waals surface area contributed by atoms with Crippen LogP contribution < -0.4 is 4.90 Å². The highest BCUT2D eigenvalue weighted by molar-refractivity contribution is 9.08. The number of anilines is 1. The predicted molar refractivity (Wildman–Crippen MR) is 80.5 cm³/mol. The van der Waals surface area contributed by atoms with Crippen molar-refractivity contribution in [1.82, 2.24) is 4.90 Å². The van der Waals surface area contributed by atoms with Gasteiger partial charge >= 0.3 is 0 Å². The number of alkyl halides is 1. The Balaban J connectivity index is 1.88. The maximum atomic E-state index is 14.2. The van der Waals surface area contributed by atoms with Crippen molar-refractivity contribution in [3.63, 3.8) is 0 Å². The fraction of sp³-hybridized carbons (Fsp3) is 0.600. The molecule has 0 bridgehead atoms. The molecule has 0 N–H and O–H groups in total. The molecule has 2 heterocycles. The Morgan fingerprint density at radius 2 is 2.05 bits per heavy atom. The van der Waals surface area contributed by atoms with Crippen LogP contribution in [0.25, 0.3) is 0 Å². The Morgan fingerprint density at radius 3 is 2.89 bits per heavy atom. The van der Waals surface area contributed by atoms with Gasteiger partial charge in [0.15, 0.2) is 0 Å². The molecule has 0 radical (unpaired) electrons. The summed E-state index contributed by atoms with van der Waals surface area (Å²) in [6.07, 6.45) is 3.68. The topological polar surface area (TPSA) is 6.48 Å². The lowest BCUT2D eigenvalue weighted by atomic mass is 10.1. The number of halogens is 2. The van der Waals surface area contributed by atoms with Crippen LogP contribution in [0.15, 0.2) is 18.2 Å². The summed E-state index contributed by atoms with van der Waals surface area (Å²) in [4.78, 5) is 4.84. The van der Waals surface area contributed by atoms with Crippen molar-refractivity contribution >= 4 is 21.6 Å². The van der Waals surface area contributed by atoms with E-state index >= 15 is 0 Å². The lowest BCUT2D eigenvalue weighted by molar-refractivity contribution is 0.273. The maximum absolute atomic E-state index is 14.2. The lowest BCUT2D eigenvalue weighted by Crippen LogP contribution is -2.37. The minimum atomic E-state index is -0.0802. The van der Waals surface area contributed by atoms with Gasteiger partial charge in [0.2, 0.25) is 0 Å². The van der Waals surface area contributed by atoms with Crippen molar-refractivity contribution < 1.29 is 4.39 Å². The molecule has 0 aliphatic carbocycles. The highest BCUT2D eigenvalue weighted by atomic mass is 79.9. The number of rotatable bonds is 2. The van der Waals surface area contributed by atoms with Crippen molar-refractivity contribution in [1.29, 1.82) is 0 Å². The van der Waals surface area contributed by atoms with Crippen LogP contribution in [0.4, 0.5) is 10.1 Å². The van der Waals surface area contributed by atoms with Gasteiger partial charge in [-0.2, -0.15) is 0 Å². The molecule has 2 fully saturated rings. The maximum Gasteiger partial charge on any atom is 0.146 e. The summed E-state index contributed by atoms with van der Waals surface area (Å²) in [5.41, 5.74) is 1.87. The third kappa shape index (κ3) is 2.65. The SMILES string of the molecule is Fc1cccc(CBr)c1N1CCCN2CCCC2C1. The molecule has 0 spiro atoms. The molecule has 2 aliphatic rings. The Labute approximate surface area is 122 Å². The van der Waals surface area contributed by atoms with E-state index in [0.29, 0.717) is 11.4 Å². The van der Waals surface area contributed by atoms with Gasteiger partial charge in [0.05, 0.1) is 5.69 Å². The molecular weight excluding hydrogens is 307 g/mol. The van der Waals surface area contributed by atoms with Gasteiger partial charge in [-0.25, -0.2) is 4.39 Å². The molecule has 3 rings (SSSR count). The minimum absolute atomic E-state index is 0.0802. The summed E-state index contributed by atoms with van der Waals surface area (Å²) in [6.45, 7) is 4.33. The fourth-order valence-corrected chi connectivity index (χ4v) is 3.88. The van der Waals surface area contributed by atoms with Crippen LogP contribution in [0, 0.1) is 5.82 Å². The molecule has 1 aromatic carbocycles. The van der Waals surface area contributed by atoms with Gasteiger partial charge < -0.3 is 4.90 Å². The summed E-state index contributed by atoms with van der Waals surface area (Å²) >= 11 is 3.48. The molecule has 4 heteroatoms. The van der Waals surface area contributed by atoms with Gasteiger partial charge in [0.1, 0.15) is 5.82 Å². The zero-order valence-electron chi connectivity index (χ0n) is 11.1. The van der Waals surface area contributed by atoms with Crippen LogP contribution in [0.1, 0.15) is 24.8 Å². The van der Waals surface area contributed by atoms with Crippen molar-refractivity contribution in [2.24, 2.45) is 0 Å². The van der Waals surface area contributed by atoms with Crippen molar-refractivity contribution in [2.45, 2.75) is 30.6 Å². The van der Waals surface area contributed by atoms with E-state index in [4.69, 9.17) is 0 Å². The number of hydrogen-bond donors (Lipinski definition) is 0. The van der Waals surface area contributed by atoms with Crippen molar-refractivity contribution in [2.75, 3.05) is 31.1 Å². The summed E-state index contributed by atoms with van der Waals surface area (Å²) < 4.78 is 14.2. The standard InChI is InChI=1S/C15H20BrFN2/c16-10-12-4-1-6-14(17)15(12)19-9-3-8-18-7-2-5-13(18)11-19/h1,4,6,13H,2-3,5,7-11H2. The average Bonchev–Trinajstić information content (AvgIpc) is 2.76. The molecule has 1 unspecified atom stereocenters. The van der Waals surface area contributed by atoms with E-state index < -0.39 is 0 Å². The van der Waals surface area contributed by atoms with Crippen molar-refractivity contribution in [3.8, 4) is 0 Å². The lowest BCUT2D eigenvalue weighted by Gasteiger charge is -2.29. The zero-order valence-corrected chi connectivity index (χ0v) is 12.7. The monoisotopic (exact) mass is 326 g/mol. The molecule has 0 amide bonds. The van der Waals surface area contributed by atoms with E-state index in [1.807, 2.05) is 6.07 Å². The van der Waals surface area contributed by atoms with Gasteiger partial charge in [-0.1, -0.05) is 28.1 Å². The van der Waals surface area contributed by atoms with Gasteiger partial charge in [0.25, 0.3) is 0 Å². The number of nitrogens with zero attached hydrogens (tertiary/aromatic N) is 2. The van der Waals surface area contributed by atoms with Crippen LogP contribution in [0.2, 0.25) is 0 Å². The fourth-order valence-electron chi connectivity index (χ4n) is 3.43. The van der Waals surface area contributed by atoms with Crippen LogP contribution in [-0.2, 0) is 5.33 Å². The predicted octanol–water partition coefficient (Wildman–Crippen LogP) is 3.40. The highest BCUT2D eigenvalue weighted by Gasteiger charge is 2.30. The van der Waals surface area contributed by atoms with E-state index in [2.05, 4.69) is 25.7 Å². The second-order valence-electron chi connectivity index (χ2n) is 5.51. The molecule has 2 saturated heterocycles. The van der Waals surface area contributed by atoms with Crippen LogP contribution >= 0.6 is 15.9 Å². The number of hydrogen-bond acceptors (Lipinski definition) is 2. The first-order valence-electron chi connectivity index (χ1n) is 7.12. The first-order valence-corrected chi connectivity index (χ1v) is 8.24. The summed E-state index contributed by atoms with van der Waals surface area (Å²) in [6, 6.07) is 6.02. The smallest absolute Gasteiger partial charge is 0.146 e. The van der Waals surface area contributed by atoms with E-state index in [-0.39, 0.29) is 5.82 Å². The Kier molecular flexibility index (Phi) is 4.08. The van der Waals surface area contributed by atoms with E-state index in [0.717, 1.165) is 30.8 Å². The molecule has 1 atom stereocenters. The van der Waals surface area contributed by atoms with Crippen molar-refractivity contribution in [3.05, 3.63) is 29.6 Å². The van der Waals surface area contributed by atoms with Gasteiger partial charge in [-0.3, -0.25) is 4.90 Å². The zero-order chi connectivity index (χ0) is 13.2. The molecule has 19 heavy (non-hydrogen) atoms. The van der Waals surface area contributed by atoms with E-state index in [1.165, 1.54) is 25.9 Å². The number of fused-ring (bicyclic) bond motifs is 1. The average molecular weight is 327 g/mol. The second kappa shape index (κ2) is 5.80. The molecule has 2 nitrogen and oxygen atoms in total.